The van der Waals surface area contributed by atoms with E-state index in [-0.39, 0.29) is 0 Å². The first kappa shape index (κ1) is 23.3. The lowest BCUT2D eigenvalue weighted by Crippen LogP contribution is -2.00. The third-order valence-electron chi connectivity index (χ3n) is 7.53. The molecule has 4 heteroatoms. The predicted molar refractivity (Wildman–Crippen MR) is 166 cm³/mol. The lowest BCUT2D eigenvalue weighted by Gasteiger charge is -2.10. The Morgan fingerprint density at radius 3 is 1.54 bits per heavy atom. The molecule has 2 heterocycles. The van der Waals surface area contributed by atoms with Crippen LogP contribution in [0.2, 0.25) is 0 Å². The second-order valence-corrected chi connectivity index (χ2v) is 10.0. The molecular weight excluding hydrogens is 502 g/mol. The van der Waals surface area contributed by atoms with Gasteiger partial charge < -0.3 is 4.42 Å². The largest absolute Gasteiger partial charge is 0.456 e. The molecule has 41 heavy (non-hydrogen) atoms. The Kier molecular flexibility index (Phi) is 5.42. The summed E-state index contributed by atoms with van der Waals surface area (Å²) < 4.78 is 6.54. The fraction of sp³-hybridized carbons (Fsp3) is 0. The summed E-state index contributed by atoms with van der Waals surface area (Å²) in [6, 6.07) is 47.4. The number of rotatable bonds is 4. The quantitative estimate of drug-likeness (QED) is 0.230. The Hall–Kier alpha value is -5.61. The SMILES string of the molecule is c1ccc(-c2nc(-c3ccccc3)nc(-c3cccc4oc5cc(-c6ccccc6)c6ccccc6c5c34)n2)cc1. The highest BCUT2D eigenvalue weighted by molar-refractivity contribution is 6.24. The number of nitrogens with zero attached hydrogens (tertiary/aromatic N) is 3. The Labute approximate surface area is 236 Å². The van der Waals surface area contributed by atoms with Gasteiger partial charge in [-0.2, -0.15) is 0 Å². The number of furan rings is 1. The summed E-state index contributed by atoms with van der Waals surface area (Å²) in [6.45, 7) is 0. The highest BCUT2D eigenvalue weighted by atomic mass is 16.3. The first-order valence-corrected chi connectivity index (χ1v) is 13.6. The van der Waals surface area contributed by atoms with Crippen molar-refractivity contribution in [2.75, 3.05) is 0 Å². The molecule has 192 valence electrons. The topological polar surface area (TPSA) is 51.8 Å². The van der Waals surface area contributed by atoms with E-state index in [1.54, 1.807) is 0 Å². The number of aromatic nitrogens is 3. The molecule has 2 aromatic heterocycles. The summed E-state index contributed by atoms with van der Waals surface area (Å²) in [4.78, 5) is 14.9. The van der Waals surface area contributed by atoms with Gasteiger partial charge in [0.2, 0.25) is 0 Å². The summed E-state index contributed by atoms with van der Waals surface area (Å²) in [5, 5.41) is 4.38. The molecular formula is C37H23N3O. The van der Waals surface area contributed by atoms with E-state index in [2.05, 4.69) is 60.7 Å². The minimum absolute atomic E-state index is 0.613. The number of hydrogen-bond donors (Lipinski definition) is 0. The van der Waals surface area contributed by atoms with Crippen molar-refractivity contribution in [1.29, 1.82) is 0 Å². The van der Waals surface area contributed by atoms with Gasteiger partial charge in [-0.3, -0.25) is 0 Å². The van der Waals surface area contributed by atoms with Crippen molar-refractivity contribution in [1.82, 2.24) is 15.0 Å². The minimum atomic E-state index is 0.613. The number of hydrogen-bond acceptors (Lipinski definition) is 4. The van der Waals surface area contributed by atoms with Crippen LogP contribution in [0.3, 0.4) is 0 Å². The van der Waals surface area contributed by atoms with Crippen molar-refractivity contribution in [2.24, 2.45) is 0 Å². The van der Waals surface area contributed by atoms with E-state index in [1.165, 1.54) is 5.39 Å². The first-order valence-electron chi connectivity index (χ1n) is 13.6. The van der Waals surface area contributed by atoms with Gasteiger partial charge in [0.05, 0.1) is 0 Å². The molecule has 0 radical (unpaired) electrons. The van der Waals surface area contributed by atoms with Crippen LogP contribution < -0.4 is 0 Å². The molecule has 8 rings (SSSR count). The normalized spacial score (nSPS) is 11.4. The Morgan fingerprint density at radius 2 is 0.902 bits per heavy atom. The summed E-state index contributed by atoms with van der Waals surface area (Å²) in [5.74, 6) is 1.88. The summed E-state index contributed by atoms with van der Waals surface area (Å²) >= 11 is 0. The van der Waals surface area contributed by atoms with Crippen molar-refractivity contribution in [3.05, 3.63) is 140 Å². The Morgan fingerprint density at radius 1 is 0.366 bits per heavy atom. The second-order valence-electron chi connectivity index (χ2n) is 10.0. The summed E-state index contributed by atoms with van der Waals surface area (Å²) in [5.41, 5.74) is 6.74. The molecule has 6 aromatic carbocycles. The maximum atomic E-state index is 6.54. The van der Waals surface area contributed by atoms with Crippen LogP contribution in [0, 0.1) is 0 Å². The molecule has 0 unspecified atom stereocenters. The monoisotopic (exact) mass is 525 g/mol. The van der Waals surface area contributed by atoms with E-state index in [4.69, 9.17) is 19.4 Å². The molecule has 0 saturated heterocycles. The van der Waals surface area contributed by atoms with Crippen LogP contribution in [-0.4, -0.2) is 15.0 Å². The van der Waals surface area contributed by atoms with Crippen LogP contribution in [-0.2, 0) is 0 Å². The van der Waals surface area contributed by atoms with Crippen molar-refractivity contribution >= 4 is 32.7 Å². The average Bonchev–Trinajstić information content (AvgIpc) is 3.44. The molecule has 0 bridgehead atoms. The van der Waals surface area contributed by atoms with Crippen LogP contribution in [0.5, 0.6) is 0 Å². The maximum absolute atomic E-state index is 6.54. The van der Waals surface area contributed by atoms with E-state index in [0.717, 1.165) is 55.1 Å². The molecule has 0 atom stereocenters. The zero-order chi connectivity index (χ0) is 27.2. The molecule has 0 aliphatic heterocycles. The number of fused-ring (bicyclic) bond motifs is 5. The van der Waals surface area contributed by atoms with Gasteiger partial charge in [-0.15, -0.1) is 0 Å². The lowest BCUT2D eigenvalue weighted by atomic mass is 9.94. The van der Waals surface area contributed by atoms with Gasteiger partial charge in [0.15, 0.2) is 17.5 Å². The second kappa shape index (κ2) is 9.54. The highest BCUT2D eigenvalue weighted by Gasteiger charge is 2.20. The summed E-state index contributed by atoms with van der Waals surface area (Å²) in [7, 11) is 0. The molecule has 0 spiro atoms. The lowest BCUT2D eigenvalue weighted by molar-refractivity contribution is 0.669. The minimum Gasteiger partial charge on any atom is -0.456 e. The number of benzene rings is 6. The molecule has 0 aliphatic carbocycles. The Bertz CT molecular complexity index is 2130. The first-order chi connectivity index (χ1) is 20.3. The van der Waals surface area contributed by atoms with E-state index in [9.17, 15) is 0 Å². The van der Waals surface area contributed by atoms with Gasteiger partial charge in [0.1, 0.15) is 11.2 Å². The van der Waals surface area contributed by atoms with Crippen LogP contribution >= 0.6 is 0 Å². The van der Waals surface area contributed by atoms with Crippen molar-refractivity contribution in [3.63, 3.8) is 0 Å². The molecule has 0 aliphatic rings. The van der Waals surface area contributed by atoms with Crippen LogP contribution in [0.1, 0.15) is 0 Å². The molecule has 0 amide bonds. The fourth-order valence-corrected chi connectivity index (χ4v) is 5.65. The zero-order valence-corrected chi connectivity index (χ0v) is 22.0. The van der Waals surface area contributed by atoms with E-state index < -0.39 is 0 Å². The molecule has 0 fully saturated rings. The van der Waals surface area contributed by atoms with E-state index >= 15 is 0 Å². The predicted octanol–water partition coefficient (Wildman–Crippen LogP) is 9.59. The smallest absolute Gasteiger partial charge is 0.164 e. The fourth-order valence-electron chi connectivity index (χ4n) is 5.65. The molecule has 4 nitrogen and oxygen atoms in total. The summed E-state index contributed by atoms with van der Waals surface area (Å²) in [6.07, 6.45) is 0. The van der Waals surface area contributed by atoms with Gasteiger partial charge in [0.25, 0.3) is 0 Å². The maximum Gasteiger partial charge on any atom is 0.164 e. The third kappa shape index (κ3) is 3.97. The standard InChI is InChI=1S/C37H23N3O/c1-4-13-24(14-5-1)30-23-32-33(28-20-11-10-19-27(28)30)34-29(21-12-22-31(34)41-32)37-39-35(25-15-6-2-7-16-25)38-36(40-37)26-17-8-3-9-18-26/h1-23H. The Balaban J connectivity index is 1.44. The molecule has 8 aromatic rings. The van der Waals surface area contributed by atoms with Crippen molar-refractivity contribution in [2.45, 2.75) is 0 Å². The zero-order valence-electron chi connectivity index (χ0n) is 22.0. The van der Waals surface area contributed by atoms with E-state index in [0.29, 0.717) is 17.5 Å². The third-order valence-corrected chi connectivity index (χ3v) is 7.53. The van der Waals surface area contributed by atoms with Crippen molar-refractivity contribution < 1.29 is 4.42 Å². The van der Waals surface area contributed by atoms with Crippen molar-refractivity contribution in [3.8, 4) is 45.3 Å². The molecule has 0 N–H and O–H groups in total. The van der Waals surface area contributed by atoms with Crippen LogP contribution in [0.25, 0.3) is 78.0 Å². The van der Waals surface area contributed by atoms with E-state index in [1.807, 2.05) is 78.9 Å². The van der Waals surface area contributed by atoms with Gasteiger partial charge in [-0.05, 0) is 34.0 Å². The highest BCUT2D eigenvalue weighted by Crippen LogP contribution is 2.43. The van der Waals surface area contributed by atoms with Gasteiger partial charge in [-0.25, -0.2) is 15.0 Å². The van der Waals surface area contributed by atoms with Crippen LogP contribution in [0.4, 0.5) is 0 Å². The van der Waals surface area contributed by atoms with Gasteiger partial charge in [-0.1, -0.05) is 127 Å². The van der Waals surface area contributed by atoms with Crippen LogP contribution in [0.15, 0.2) is 144 Å². The molecule has 0 saturated carbocycles. The van der Waals surface area contributed by atoms with Gasteiger partial charge in [0, 0.05) is 27.5 Å². The average molecular weight is 526 g/mol. The van der Waals surface area contributed by atoms with Gasteiger partial charge >= 0.3 is 0 Å².